The molecule has 1 amide bonds. The molecule has 21 heavy (non-hydrogen) atoms. The molecule has 1 aromatic rings. The SMILES string of the molecule is CC(Cc1ccccc1Cl)C(=O)NC(CC1CC1)C(=O)O. The van der Waals surface area contributed by atoms with E-state index in [4.69, 9.17) is 11.6 Å². The molecular formula is C16H20ClNO3. The van der Waals surface area contributed by atoms with Gasteiger partial charge in [0.1, 0.15) is 6.04 Å². The second-order valence-electron chi connectivity index (χ2n) is 5.78. The normalized spacial score (nSPS) is 17.0. The number of hydrogen-bond donors (Lipinski definition) is 2. The summed E-state index contributed by atoms with van der Waals surface area (Å²) in [5, 5.41) is 12.5. The van der Waals surface area contributed by atoms with Crippen molar-refractivity contribution in [2.24, 2.45) is 11.8 Å². The summed E-state index contributed by atoms with van der Waals surface area (Å²) in [6.07, 6.45) is 3.16. The van der Waals surface area contributed by atoms with Crippen molar-refractivity contribution in [3.05, 3.63) is 34.9 Å². The second kappa shape index (κ2) is 6.94. The molecule has 0 aliphatic heterocycles. The van der Waals surface area contributed by atoms with Crippen LogP contribution < -0.4 is 5.32 Å². The Labute approximate surface area is 129 Å². The zero-order valence-electron chi connectivity index (χ0n) is 12.0. The number of nitrogens with one attached hydrogen (secondary N) is 1. The van der Waals surface area contributed by atoms with Crippen LogP contribution in [0.15, 0.2) is 24.3 Å². The zero-order chi connectivity index (χ0) is 15.4. The third kappa shape index (κ3) is 4.74. The lowest BCUT2D eigenvalue weighted by Gasteiger charge is -2.18. The molecule has 2 atom stereocenters. The summed E-state index contributed by atoms with van der Waals surface area (Å²) < 4.78 is 0. The molecule has 2 N–H and O–H groups in total. The van der Waals surface area contributed by atoms with Gasteiger partial charge in [0.15, 0.2) is 0 Å². The summed E-state index contributed by atoms with van der Waals surface area (Å²) >= 11 is 6.08. The van der Waals surface area contributed by atoms with E-state index in [1.54, 1.807) is 13.0 Å². The van der Waals surface area contributed by atoms with Crippen LogP contribution in [0.3, 0.4) is 0 Å². The van der Waals surface area contributed by atoms with E-state index < -0.39 is 12.0 Å². The maximum atomic E-state index is 12.2. The van der Waals surface area contributed by atoms with E-state index in [2.05, 4.69) is 5.32 Å². The van der Waals surface area contributed by atoms with E-state index in [0.717, 1.165) is 18.4 Å². The minimum atomic E-state index is -0.958. The van der Waals surface area contributed by atoms with Crippen molar-refractivity contribution >= 4 is 23.5 Å². The van der Waals surface area contributed by atoms with Gasteiger partial charge in [0.2, 0.25) is 5.91 Å². The maximum absolute atomic E-state index is 12.2. The number of carboxylic acid groups (broad SMARTS) is 1. The second-order valence-corrected chi connectivity index (χ2v) is 6.18. The van der Waals surface area contributed by atoms with Crippen LogP contribution in [0.25, 0.3) is 0 Å². The molecule has 2 unspecified atom stereocenters. The Kier molecular flexibility index (Phi) is 5.23. The fourth-order valence-corrected chi connectivity index (χ4v) is 2.52. The van der Waals surface area contributed by atoms with Crippen molar-refractivity contribution in [2.45, 2.75) is 38.6 Å². The third-order valence-electron chi connectivity index (χ3n) is 3.81. The molecule has 0 bridgehead atoms. The van der Waals surface area contributed by atoms with Crippen LogP contribution in [0.4, 0.5) is 0 Å². The van der Waals surface area contributed by atoms with Gasteiger partial charge in [0.05, 0.1) is 0 Å². The van der Waals surface area contributed by atoms with Crippen LogP contribution >= 0.6 is 11.6 Å². The number of carboxylic acids is 1. The first-order valence-electron chi connectivity index (χ1n) is 7.24. The van der Waals surface area contributed by atoms with Crippen molar-refractivity contribution in [3.63, 3.8) is 0 Å². The summed E-state index contributed by atoms with van der Waals surface area (Å²) in [4.78, 5) is 23.4. The van der Waals surface area contributed by atoms with Gasteiger partial charge in [0.25, 0.3) is 0 Å². The first-order valence-corrected chi connectivity index (χ1v) is 7.61. The highest BCUT2D eigenvalue weighted by atomic mass is 35.5. The van der Waals surface area contributed by atoms with Crippen LogP contribution in [-0.4, -0.2) is 23.0 Å². The molecule has 5 heteroatoms. The van der Waals surface area contributed by atoms with E-state index in [1.807, 2.05) is 18.2 Å². The first kappa shape index (κ1) is 15.8. The maximum Gasteiger partial charge on any atom is 0.326 e. The van der Waals surface area contributed by atoms with Crippen molar-refractivity contribution in [1.82, 2.24) is 5.32 Å². The Hall–Kier alpha value is -1.55. The molecule has 1 aromatic carbocycles. The monoisotopic (exact) mass is 309 g/mol. The molecule has 1 aliphatic rings. The number of amides is 1. The average Bonchev–Trinajstić information content (AvgIpc) is 3.24. The zero-order valence-corrected chi connectivity index (χ0v) is 12.8. The number of carbonyl (C=O) groups is 2. The van der Waals surface area contributed by atoms with E-state index in [-0.39, 0.29) is 11.8 Å². The first-order chi connectivity index (χ1) is 9.97. The molecule has 0 saturated heterocycles. The van der Waals surface area contributed by atoms with E-state index in [0.29, 0.717) is 23.8 Å². The highest BCUT2D eigenvalue weighted by Gasteiger charge is 2.31. The van der Waals surface area contributed by atoms with Crippen LogP contribution in [0.1, 0.15) is 31.7 Å². The van der Waals surface area contributed by atoms with Crippen LogP contribution in [0.5, 0.6) is 0 Å². The minimum Gasteiger partial charge on any atom is -0.480 e. The van der Waals surface area contributed by atoms with Gasteiger partial charge in [0, 0.05) is 10.9 Å². The van der Waals surface area contributed by atoms with Gasteiger partial charge in [-0.25, -0.2) is 4.79 Å². The molecule has 0 aromatic heterocycles. The van der Waals surface area contributed by atoms with Gasteiger partial charge in [-0.2, -0.15) is 0 Å². The molecular weight excluding hydrogens is 290 g/mol. The Morgan fingerprint density at radius 2 is 2.05 bits per heavy atom. The molecule has 1 saturated carbocycles. The van der Waals surface area contributed by atoms with E-state index >= 15 is 0 Å². The van der Waals surface area contributed by atoms with Crippen LogP contribution in [-0.2, 0) is 16.0 Å². The van der Waals surface area contributed by atoms with Gasteiger partial charge in [-0.3, -0.25) is 4.79 Å². The number of rotatable bonds is 7. The van der Waals surface area contributed by atoms with Crippen molar-refractivity contribution in [2.75, 3.05) is 0 Å². The molecule has 0 radical (unpaired) electrons. The number of carbonyl (C=O) groups excluding carboxylic acids is 1. The Balaban J connectivity index is 1.91. The van der Waals surface area contributed by atoms with Gasteiger partial charge in [-0.05, 0) is 30.4 Å². The smallest absolute Gasteiger partial charge is 0.326 e. The molecule has 114 valence electrons. The van der Waals surface area contributed by atoms with Crippen molar-refractivity contribution < 1.29 is 14.7 Å². The van der Waals surface area contributed by atoms with Crippen molar-refractivity contribution in [1.29, 1.82) is 0 Å². The van der Waals surface area contributed by atoms with Crippen molar-refractivity contribution in [3.8, 4) is 0 Å². The summed E-state index contributed by atoms with van der Waals surface area (Å²) in [5.41, 5.74) is 0.899. The Morgan fingerprint density at radius 3 is 2.62 bits per heavy atom. The number of benzene rings is 1. The van der Waals surface area contributed by atoms with Gasteiger partial charge < -0.3 is 10.4 Å². The topological polar surface area (TPSA) is 66.4 Å². The number of halogens is 1. The minimum absolute atomic E-state index is 0.233. The quantitative estimate of drug-likeness (QED) is 0.814. The molecule has 1 aliphatic carbocycles. The number of aliphatic carboxylic acids is 1. The average molecular weight is 310 g/mol. The van der Waals surface area contributed by atoms with E-state index in [9.17, 15) is 14.7 Å². The molecule has 0 heterocycles. The predicted molar refractivity (Wildman–Crippen MR) is 81.2 cm³/mol. The van der Waals surface area contributed by atoms with Gasteiger partial charge >= 0.3 is 5.97 Å². The van der Waals surface area contributed by atoms with Gasteiger partial charge in [-0.15, -0.1) is 0 Å². The Morgan fingerprint density at radius 1 is 1.38 bits per heavy atom. The van der Waals surface area contributed by atoms with Gasteiger partial charge in [-0.1, -0.05) is 49.6 Å². The summed E-state index contributed by atoms with van der Waals surface area (Å²) in [7, 11) is 0. The number of hydrogen-bond acceptors (Lipinski definition) is 2. The lowest BCUT2D eigenvalue weighted by atomic mass is 9.99. The largest absolute Gasteiger partial charge is 0.480 e. The van der Waals surface area contributed by atoms with E-state index in [1.165, 1.54) is 0 Å². The lowest BCUT2D eigenvalue weighted by molar-refractivity contribution is -0.142. The highest BCUT2D eigenvalue weighted by Crippen LogP contribution is 2.33. The predicted octanol–water partition coefficient (Wildman–Crippen LogP) is 2.89. The molecule has 0 spiro atoms. The fourth-order valence-electron chi connectivity index (χ4n) is 2.31. The van der Waals surface area contributed by atoms with Crippen LogP contribution in [0.2, 0.25) is 5.02 Å². The third-order valence-corrected chi connectivity index (χ3v) is 4.18. The van der Waals surface area contributed by atoms with Crippen LogP contribution in [0, 0.1) is 11.8 Å². The molecule has 2 rings (SSSR count). The molecule has 4 nitrogen and oxygen atoms in total. The summed E-state index contributed by atoms with van der Waals surface area (Å²) in [6.45, 7) is 1.79. The summed E-state index contributed by atoms with van der Waals surface area (Å²) in [6, 6.07) is 6.60. The lowest BCUT2D eigenvalue weighted by Crippen LogP contribution is -2.43. The fraction of sp³-hybridized carbons (Fsp3) is 0.500. The standard InChI is InChI=1S/C16H20ClNO3/c1-10(8-12-4-2-3-5-13(12)17)15(19)18-14(16(20)21)9-11-6-7-11/h2-5,10-11,14H,6-9H2,1H3,(H,18,19)(H,20,21). The molecule has 1 fully saturated rings. The highest BCUT2D eigenvalue weighted by molar-refractivity contribution is 6.31. The Bertz CT molecular complexity index is 528. The summed E-state index contributed by atoms with van der Waals surface area (Å²) in [5.74, 6) is -1.06.